The highest BCUT2D eigenvalue weighted by atomic mass is 19.1. The van der Waals surface area contributed by atoms with Crippen LogP contribution < -0.4 is 5.32 Å². The summed E-state index contributed by atoms with van der Waals surface area (Å²) in [6, 6.07) is 14.6. The fraction of sp³-hybridized carbons (Fsp3) is 0.273. The molecular formula is C22H22FN3O2. The van der Waals surface area contributed by atoms with Crippen LogP contribution >= 0.6 is 0 Å². The van der Waals surface area contributed by atoms with Gasteiger partial charge in [0.25, 0.3) is 5.91 Å². The molecule has 144 valence electrons. The van der Waals surface area contributed by atoms with Gasteiger partial charge in [0.15, 0.2) is 0 Å². The summed E-state index contributed by atoms with van der Waals surface area (Å²) in [4.78, 5) is 12.5. The zero-order chi connectivity index (χ0) is 19.5. The maximum Gasteiger partial charge on any atom is 0.251 e. The predicted molar refractivity (Wildman–Crippen MR) is 104 cm³/mol. The summed E-state index contributed by atoms with van der Waals surface area (Å²) in [6.07, 6.45) is 2.55. The summed E-state index contributed by atoms with van der Waals surface area (Å²) in [7, 11) is 0. The Hall–Kier alpha value is -2.99. The van der Waals surface area contributed by atoms with Crippen LogP contribution in [-0.2, 0) is 17.7 Å². The van der Waals surface area contributed by atoms with E-state index in [1.54, 1.807) is 13.0 Å². The molecule has 0 aliphatic carbocycles. The standard InChI is InChI=1S/C22H22FN3O2/c1-15-18(8-5-9-19(15)23)22(27)24-12-20-21-17(10-11-28-20)14-26(25-21)13-16-6-3-2-4-7-16/h2-9,14,20H,10-13H2,1H3,(H,24,27). The minimum absolute atomic E-state index is 0.296. The van der Waals surface area contributed by atoms with E-state index in [-0.39, 0.29) is 17.8 Å². The summed E-state index contributed by atoms with van der Waals surface area (Å²) in [5.41, 5.74) is 3.86. The molecule has 0 fully saturated rings. The Bertz CT molecular complexity index is 985. The number of nitrogens with one attached hydrogen (secondary N) is 1. The lowest BCUT2D eigenvalue weighted by atomic mass is 10.1. The van der Waals surface area contributed by atoms with E-state index in [2.05, 4.69) is 23.6 Å². The number of hydrogen-bond acceptors (Lipinski definition) is 3. The van der Waals surface area contributed by atoms with Crippen LogP contribution in [0.15, 0.2) is 54.7 Å². The third-order valence-corrected chi connectivity index (χ3v) is 5.01. The molecule has 0 saturated heterocycles. The van der Waals surface area contributed by atoms with Crippen LogP contribution in [0.25, 0.3) is 0 Å². The number of hydrogen-bond donors (Lipinski definition) is 1. The summed E-state index contributed by atoms with van der Waals surface area (Å²) in [5, 5.41) is 7.55. The van der Waals surface area contributed by atoms with E-state index in [4.69, 9.17) is 9.84 Å². The molecule has 28 heavy (non-hydrogen) atoms. The van der Waals surface area contributed by atoms with Crippen molar-refractivity contribution in [3.63, 3.8) is 0 Å². The van der Waals surface area contributed by atoms with Crippen LogP contribution in [0.2, 0.25) is 0 Å². The molecule has 6 heteroatoms. The molecule has 1 N–H and O–H groups in total. The molecule has 0 saturated carbocycles. The van der Waals surface area contributed by atoms with Gasteiger partial charge in [-0.05, 0) is 42.2 Å². The van der Waals surface area contributed by atoms with Gasteiger partial charge in [0, 0.05) is 18.3 Å². The first kappa shape index (κ1) is 18.4. The average Bonchev–Trinajstić information content (AvgIpc) is 3.12. The van der Waals surface area contributed by atoms with E-state index in [0.717, 1.165) is 17.7 Å². The number of nitrogens with zero attached hydrogens (tertiary/aromatic N) is 2. The van der Waals surface area contributed by atoms with Crippen LogP contribution in [-0.4, -0.2) is 28.8 Å². The van der Waals surface area contributed by atoms with E-state index in [9.17, 15) is 9.18 Å². The first-order chi connectivity index (χ1) is 13.6. The van der Waals surface area contributed by atoms with Gasteiger partial charge in [-0.1, -0.05) is 36.4 Å². The zero-order valence-electron chi connectivity index (χ0n) is 15.7. The van der Waals surface area contributed by atoms with Gasteiger partial charge in [0.1, 0.15) is 11.9 Å². The van der Waals surface area contributed by atoms with Crippen molar-refractivity contribution in [2.75, 3.05) is 13.2 Å². The summed E-state index contributed by atoms with van der Waals surface area (Å²) in [6.45, 7) is 3.17. The lowest BCUT2D eigenvalue weighted by Gasteiger charge is -2.22. The highest BCUT2D eigenvalue weighted by Crippen LogP contribution is 2.25. The Labute approximate surface area is 163 Å². The molecule has 1 unspecified atom stereocenters. The van der Waals surface area contributed by atoms with E-state index < -0.39 is 0 Å². The highest BCUT2D eigenvalue weighted by molar-refractivity contribution is 5.95. The fourth-order valence-corrected chi connectivity index (χ4v) is 3.47. The topological polar surface area (TPSA) is 56.1 Å². The van der Waals surface area contributed by atoms with Crippen molar-refractivity contribution >= 4 is 5.91 Å². The molecule has 3 aromatic rings. The van der Waals surface area contributed by atoms with E-state index in [1.807, 2.05) is 22.9 Å². The smallest absolute Gasteiger partial charge is 0.251 e. The maximum absolute atomic E-state index is 13.7. The number of halogens is 1. The fourth-order valence-electron chi connectivity index (χ4n) is 3.47. The van der Waals surface area contributed by atoms with Crippen molar-refractivity contribution in [3.05, 3.63) is 88.5 Å². The van der Waals surface area contributed by atoms with Crippen molar-refractivity contribution < 1.29 is 13.9 Å². The van der Waals surface area contributed by atoms with Crippen LogP contribution in [0.4, 0.5) is 4.39 Å². The van der Waals surface area contributed by atoms with Gasteiger partial charge in [-0.2, -0.15) is 5.10 Å². The SMILES string of the molecule is Cc1c(F)cccc1C(=O)NCC1OCCc2cn(Cc3ccccc3)nc21. The molecule has 4 rings (SSSR count). The molecule has 1 aliphatic rings. The molecule has 1 aromatic heterocycles. The predicted octanol–water partition coefficient (Wildman–Crippen LogP) is 3.42. The molecule has 0 bridgehead atoms. The molecule has 1 aliphatic heterocycles. The minimum Gasteiger partial charge on any atom is -0.370 e. The highest BCUT2D eigenvalue weighted by Gasteiger charge is 2.25. The monoisotopic (exact) mass is 379 g/mol. The largest absolute Gasteiger partial charge is 0.370 e. The number of aromatic nitrogens is 2. The first-order valence-corrected chi connectivity index (χ1v) is 9.37. The Kier molecular flexibility index (Phi) is 5.21. The lowest BCUT2D eigenvalue weighted by Crippen LogP contribution is -2.32. The number of ether oxygens (including phenoxy) is 1. The second-order valence-corrected chi connectivity index (χ2v) is 6.95. The number of rotatable bonds is 5. The van der Waals surface area contributed by atoms with Crippen LogP contribution in [0.3, 0.4) is 0 Å². The summed E-state index contributed by atoms with van der Waals surface area (Å²) >= 11 is 0. The normalized spacial score (nSPS) is 15.9. The number of benzene rings is 2. The van der Waals surface area contributed by atoms with Gasteiger partial charge >= 0.3 is 0 Å². The second kappa shape index (κ2) is 7.94. The number of amides is 1. The molecular weight excluding hydrogens is 357 g/mol. The zero-order valence-corrected chi connectivity index (χ0v) is 15.7. The Morgan fingerprint density at radius 1 is 1.25 bits per heavy atom. The summed E-state index contributed by atoms with van der Waals surface area (Å²) < 4.78 is 21.5. The van der Waals surface area contributed by atoms with Crippen molar-refractivity contribution in [1.29, 1.82) is 0 Å². The number of carbonyl (C=O) groups excluding carboxylic acids is 1. The second-order valence-electron chi connectivity index (χ2n) is 6.95. The first-order valence-electron chi connectivity index (χ1n) is 9.37. The molecule has 0 spiro atoms. The van der Waals surface area contributed by atoms with Crippen LogP contribution in [0.1, 0.15) is 38.8 Å². The minimum atomic E-state index is -0.386. The maximum atomic E-state index is 13.7. The van der Waals surface area contributed by atoms with Crippen molar-refractivity contribution in [1.82, 2.24) is 15.1 Å². The van der Waals surface area contributed by atoms with Crippen LogP contribution in [0.5, 0.6) is 0 Å². The Morgan fingerprint density at radius 3 is 2.89 bits per heavy atom. The summed E-state index contributed by atoms with van der Waals surface area (Å²) in [5.74, 6) is -0.694. The van der Waals surface area contributed by atoms with Crippen molar-refractivity contribution in [3.8, 4) is 0 Å². The van der Waals surface area contributed by atoms with Gasteiger partial charge < -0.3 is 10.1 Å². The van der Waals surface area contributed by atoms with E-state index in [0.29, 0.717) is 30.8 Å². The Balaban J connectivity index is 1.46. The molecule has 0 radical (unpaired) electrons. The van der Waals surface area contributed by atoms with Crippen molar-refractivity contribution in [2.24, 2.45) is 0 Å². The number of carbonyl (C=O) groups is 1. The molecule has 2 aromatic carbocycles. The molecule has 5 nitrogen and oxygen atoms in total. The van der Waals surface area contributed by atoms with Crippen LogP contribution in [0, 0.1) is 12.7 Å². The third-order valence-electron chi connectivity index (χ3n) is 5.01. The Morgan fingerprint density at radius 2 is 2.07 bits per heavy atom. The van der Waals surface area contributed by atoms with Gasteiger partial charge in [0.2, 0.25) is 0 Å². The van der Waals surface area contributed by atoms with Gasteiger partial charge in [-0.15, -0.1) is 0 Å². The molecule has 1 amide bonds. The van der Waals surface area contributed by atoms with E-state index in [1.165, 1.54) is 17.7 Å². The van der Waals surface area contributed by atoms with Gasteiger partial charge in [-0.3, -0.25) is 9.48 Å². The molecule has 2 heterocycles. The van der Waals surface area contributed by atoms with Crippen molar-refractivity contribution in [2.45, 2.75) is 26.0 Å². The molecule has 1 atom stereocenters. The average molecular weight is 379 g/mol. The van der Waals surface area contributed by atoms with Gasteiger partial charge in [0.05, 0.1) is 18.8 Å². The quantitative estimate of drug-likeness (QED) is 0.739. The third kappa shape index (κ3) is 3.82. The lowest BCUT2D eigenvalue weighted by molar-refractivity contribution is 0.0383. The number of fused-ring (bicyclic) bond motifs is 1. The van der Waals surface area contributed by atoms with E-state index >= 15 is 0 Å². The van der Waals surface area contributed by atoms with Gasteiger partial charge in [-0.25, -0.2) is 4.39 Å².